The molecule has 2 rings (SSSR count). The second-order valence-electron chi connectivity index (χ2n) is 7.69. The molecule has 0 unspecified atom stereocenters. The van der Waals surface area contributed by atoms with Gasteiger partial charge in [0.25, 0.3) is 0 Å². The maximum absolute atomic E-state index is 13.9. The normalized spacial score (nSPS) is 26.9. The van der Waals surface area contributed by atoms with E-state index < -0.39 is 0 Å². The molecule has 0 nitrogen and oxygen atoms in total. The summed E-state index contributed by atoms with van der Waals surface area (Å²) >= 11 is 3.62. The van der Waals surface area contributed by atoms with E-state index >= 15 is 0 Å². The van der Waals surface area contributed by atoms with Crippen LogP contribution in [0.25, 0.3) is 0 Å². The first-order chi connectivity index (χ1) is 9.76. The summed E-state index contributed by atoms with van der Waals surface area (Å²) in [6.07, 6.45) is 5.13. The number of hydrogen-bond donors (Lipinski definition) is 0. The molecule has 1 aromatic rings. The first kappa shape index (κ1) is 16.9. The maximum atomic E-state index is 13.9. The second-order valence-corrected chi connectivity index (χ2v) is 8.25. The highest BCUT2D eigenvalue weighted by molar-refractivity contribution is 9.09. The molecule has 0 spiro atoms. The number of alkyl halides is 1. The molecule has 0 heterocycles. The van der Waals surface area contributed by atoms with Gasteiger partial charge >= 0.3 is 0 Å². The van der Waals surface area contributed by atoms with Gasteiger partial charge in [0.2, 0.25) is 0 Å². The average molecular weight is 359 g/mol. The first-order valence-electron chi connectivity index (χ1n) is 7.76. The molecular formula is C18H25BrF2. The molecule has 0 aromatic heterocycles. The molecule has 0 amide bonds. The van der Waals surface area contributed by atoms with Gasteiger partial charge < -0.3 is 0 Å². The van der Waals surface area contributed by atoms with Gasteiger partial charge in [0.15, 0.2) is 0 Å². The Hall–Kier alpha value is -0.440. The molecule has 3 heteroatoms. The Balaban J connectivity index is 2.12. The van der Waals surface area contributed by atoms with E-state index in [1.807, 2.05) is 0 Å². The van der Waals surface area contributed by atoms with E-state index in [0.29, 0.717) is 17.4 Å². The van der Waals surface area contributed by atoms with E-state index in [1.165, 1.54) is 31.0 Å². The zero-order chi connectivity index (χ0) is 15.7. The van der Waals surface area contributed by atoms with Crippen LogP contribution < -0.4 is 0 Å². The van der Waals surface area contributed by atoms with E-state index in [1.54, 1.807) is 0 Å². The van der Waals surface area contributed by atoms with Crippen molar-refractivity contribution < 1.29 is 8.78 Å². The fourth-order valence-electron chi connectivity index (χ4n) is 3.54. The van der Waals surface area contributed by atoms with E-state index in [4.69, 9.17) is 0 Å². The summed E-state index contributed by atoms with van der Waals surface area (Å²) in [5.41, 5.74) is 0.919. The molecular weight excluding hydrogens is 334 g/mol. The molecule has 1 aromatic carbocycles. The summed E-state index contributed by atoms with van der Waals surface area (Å²) < 4.78 is 27.3. The Labute approximate surface area is 135 Å². The van der Waals surface area contributed by atoms with Crippen molar-refractivity contribution in [1.29, 1.82) is 0 Å². The van der Waals surface area contributed by atoms with E-state index in [9.17, 15) is 8.78 Å². The molecule has 0 aliphatic heterocycles. The van der Waals surface area contributed by atoms with Crippen LogP contribution in [0.3, 0.4) is 0 Å². The van der Waals surface area contributed by atoms with Gasteiger partial charge in [-0.1, -0.05) is 36.7 Å². The van der Waals surface area contributed by atoms with Crippen LogP contribution in [0.4, 0.5) is 8.78 Å². The lowest BCUT2D eigenvalue weighted by Gasteiger charge is -2.43. The SMILES string of the molecule is CC(C)(C)C1CCC(CBr)(Cc2cc(F)ccc2F)CC1. The van der Waals surface area contributed by atoms with Crippen LogP contribution in [0.5, 0.6) is 0 Å². The van der Waals surface area contributed by atoms with E-state index in [2.05, 4.69) is 36.7 Å². The summed E-state index contributed by atoms with van der Waals surface area (Å²) in [7, 11) is 0. The lowest BCUT2D eigenvalue weighted by atomic mass is 9.63. The van der Waals surface area contributed by atoms with Gasteiger partial charge in [0.1, 0.15) is 11.6 Å². The van der Waals surface area contributed by atoms with Gasteiger partial charge in [-0.25, -0.2) is 8.78 Å². The predicted octanol–water partition coefficient (Wildman–Crippen LogP) is 6.12. The van der Waals surface area contributed by atoms with Crippen LogP contribution in [0.1, 0.15) is 52.0 Å². The molecule has 1 aliphatic rings. The molecule has 0 N–H and O–H groups in total. The minimum Gasteiger partial charge on any atom is -0.207 e. The van der Waals surface area contributed by atoms with Crippen LogP contribution in [-0.4, -0.2) is 5.33 Å². The van der Waals surface area contributed by atoms with Crippen LogP contribution in [0.15, 0.2) is 18.2 Å². The van der Waals surface area contributed by atoms with Crippen LogP contribution >= 0.6 is 15.9 Å². The number of hydrogen-bond acceptors (Lipinski definition) is 0. The van der Waals surface area contributed by atoms with Crippen molar-refractivity contribution in [2.24, 2.45) is 16.7 Å². The maximum Gasteiger partial charge on any atom is 0.126 e. The monoisotopic (exact) mass is 358 g/mol. The average Bonchev–Trinajstić information content (AvgIpc) is 2.42. The van der Waals surface area contributed by atoms with Crippen molar-refractivity contribution in [2.45, 2.75) is 52.9 Å². The van der Waals surface area contributed by atoms with Crippen molar-refractivity contribution in [3.05, 3.63) is 35.4 Å². The van der Waals surface area contributed by atoms with Crippen LogP contribution in [0.2, 0.25) is 0 Å². The summed E-state index contributed by atoms with van der Waals surface area (Å²) in [5.74, 6) is 0.0937. The number of benzene rings is 1. The van der Waals surface area contributed by atoms with Crippen LogP contribution in [-0.2, 0) is 6.42 Å². The molecule has 0 radical (unpaired) electrons. The zero-order valence-electron chi connectivity index (χ0n) is 13.2. The Kier molecular flexibility index (Phi) is 5.12. The highest BCUT2D eigenvalue weighted by Gasteiger charge is 2.38. The third-order valence-electron chi connectivity index (χ3n) is 5.13. The summed E-state index contributed by atoms with van der Waals surface area (Å²) in [6, 6.07) is 3.79. The number of rotatable bonds is 3. The van der Waals surface area contributed by atoms with Gasteiger partial charge in [-0.3, -0.25) is 0 Å². The van der Waals surface area contributed by atoms with Gasteiger partial charge in [0, 0.05) is 5.33 Å². The molecule has 1 saturated carbocycles. The zero-order valence-corrected chi connectivity index (χ0v) is 14.8. The fraction of sp³-hybridized carbons (Fsp3) is 0.667. The van der Waals surface area contributed by atoms with Gasteiger partial charge in [0.05, 0.1) is 0 Å². The molecule has 0 bridgehead atoms. The molecule has 0 saturated heterocycles. The fourth-order valence-corrected chi connectivity index (χ4v) is 4.30. The minimum atomic E-state index is -0.348. The molecule has 0 atom stereocenters. The van der Waals surface area contributed by atoms with Crippen molar-refractivity contribution in [3.63, 3.8) is 0 Å². The lowest BCUT2D eigenvalue weighted by Crippen LogP contribution is -2.35. The molecule has 1 fully saturated rings. The van der Waals surface area contributed by atoms with Crippen molar-refractivity contribution in [3.8, 4) is 0 Å². The Bertz CT molecular complexity index is 482. The Morgan fingerprint density at radius 2 is 1.81 bits per heavy atom. The highest BCUT2D eigenvalue weighted by atomic mass is 79.9. The predicted molar refractivity (Wildman–Crippen MR) is 87.7 cm³/mol. The minimum absolute atomic E-state index is 0.0659. The largest absolute Gasteiger partial charge is 0.207 e. The standard InChI is InChI=1S/C18H25BrF2/c1-17(2,3)14-6-8-18(12-19,9-7-14)11-13-10-15(20)4-5-16(13)21/h4-5,10,14H,6-9,11-12H2,1-3H3. The van der Waals surface area contributed by atoms with Crippen molar-refractivity contribution in [1.82, 2.24) is 0 Å². The van der Waals surface area contributed by atoms with Gasteiger partial charge in [-0.15, -0.1) is 0 Å². The van der Waals surface area contributed by atoms with Gasteiger partial charge in [-0.05, 0) is 72.6 Å². The molecule has 1 aliphatic carbocycles. The van der Waals surface area contributed by atoms with Crippen LogP contribution in [0, 0.1) is 28.4 Å². The summed E-state index contributed by atoms with van der Waals surface area (Å²) in [5, 5.41) is 0.854. The Morgan fingerprint density at radius 1 is 1.19 bits per heavy atom. The smallest absolute Gasteiger partial charge is 0.126 e. The third kappa shape index (κ3) is 4.06. The topological polar surface area (TPSA) is 0 Å². The second kappa shape index (κ2) is 6.36. The third-order valence-corrected chi connectivity index (χ3v) is 6.32. The first-order valence-corrected chi connectivity index (χ1v) is 8.88. The van der Waals surface area contributed by atoms with E-state index in [0.717, 1.165) is 24.1 Å². The summed E-state index contributed by atoms with van der Waals surface area (Å²) in [6.45, 7) is 6.89. The van der Waals surface area contributed by atoms with E-state index in [-0.39, 0.29) is 17.0 Å². The molecule has 21 heavy (non-hydrogen) atoms. The Morgan fingerprint density at radius 3 is 2.33 bits per heavy atom. The van der Waals surface area contributed by atoms with Gasteiger partial charge in [-0.2, -0.15) is 0 Å². The summed E-state index contributed by atoms with van der Waals surface area (Å²) in [4.78, 5) is 0. The number of halogens is 3. The highest BCUT2D eigenvalue weighted by Crippen LogP contribution is 2.47. The lowest BCUT2D eigenvalue weighted by molar-refractivity contribution is 0.103. The van der Waals surface area contributed by atoms with Crippen molar-refractivity contribution >= 4 is 15.9 Å². The molecule has 118 valence electrons. The quantitative estimate of drug-likeness (QED) is 0.570. The van der Waals surface area contributed by atoms with Crippen molar-refractivity contribution in [2.75, 3.05) is 5.33 Å².